The second kappa shape index (κ2) is 9.53. The molecular weight excluding hydrogens is 389 g/mol. The number of halogens is 2. The predicted molar refractivity (Wildman–Crippen MR) is 111 cm³/mol. The Labute approximate surface area is 169 Å². The van der Waals surface area contributed by atoms with Gasteiger partial charge in [-0.15, -0.1) is 0 Å². The molecule has 2 aromatic rings. The SMILES string of the molecule is S=C(NCc1ccc(C[NH+]2CCOCC2)cc1)Nc1cc(Cl)cc(Cl)c1. The van der Waals surface area contributed by atoms with Crippen LogP contribution in [0.1, 0.15) is 11.1 Å². The van der Waals surface area contributed by atoms with E-state index >= 15 is 0 Å². The highest BCUT2D eigenvalue weighted by atomic mass is 35.5. The first-order chi connectivity index (χ1) is 12.6. The molecule has 0 saturated carbocycles. The van der Waals surface area contributed by atoms with Crippen molar-refractivity contribution in [3.05, 3.63) is 63.6 Å². The summed E-state index contributed by atoms with van der Waals surface area (Å²) in [5.41, 5.74) is 3.29. The van der Waals surface area contributed by atoms with Crippen LogP contribution in [0, 0.1) is 0 Å². The molecule has 0 spiro atoms. The third kappa shape index (κ3) is 6.11. The van der Waals surface area contributed by atoms with Gasteiger partial charge in [0.15, 0.2) is 5.11 Å². The molecule has 0 aromatic heterocycles. The molecule has 0 bridgehead atoms. The number of hydrogen-bond donors (Lipinski definition) is 3. The summed E-state index contributed by atoms with van der Waals surface area (Å²) < 4.78 is 5.40. The van der Waals surface area contributed by atoms with Gasteiger partial charge in [-0.3, -0.25) is 0 Å². The van der Waals surface area contributed by atoms with E-state index in [1.807, 2.05) is 0 Å². The summed E-state index contributed by atoms with van der Waals surface area (Å²) in [6.45, 7) is 5.59. The minimum atomic E-state index is 0.533. The molecule has 0 amide bonds. The molecule has 4 nitrogen and oxygen atoms in total. The molecule has 3 N–H and O–H groups in total. The average molecular weight is 411 g/mol. The van der Waals surface area contributed by atoms with Crippen molar-refractivity contribution in [3.63, 3.8) is 0 Å². The van der Waals surface area contributed by atoms with E-state index in [9.17, 15) is 0 Å². The summed E-state index contributed by atoms with van der Waals surface area (Å²) in [5.74, 6) is 0. The number of morpholine rings is 1. The van der Waals surface area contributed by atoms with E-state index in [1.165, 1.54) is 11.1 Å². The highest BCUT2D eigenvalue weighted by molar-refractivity contribution is 7.80. The zero-order valence-electron chi connectivity index (χ0n) is 14.4. The maximum Gasteiger partial charge on any atom is 0.171 e. The highest BCUT2D eigenvalue weighted by Gasteiger charge is 2.13. The van der Waals surface area contributed by atoms with Gasteiger partial charge in [0.05, 0.1) is 13.2 Å². The summed E-state index contributed by atoms with van der Waals surface area (Å²) in [5, 5.41) is 7.97. The third-order valence-electron chi connectivity index (χ3n) is 4.25. The number of nitrogens with one attached hydrogen (secondary N) is 3. The molecule has 1 saturated heterocycles. The van der Waals surface area contributed by atoms with E-state index in [-0.39, 0.29) is 0 Å². The fourth-order valence-electron chi connectivity index (χ4n) is 2.88. The summed E-state index contributed by atoms with van der Waals surface area (Å²) in [7, 11) is 0. The number of benzene rings is 2. The van der Waals surface area contributed by atoms with E-state index in [2.05, 4.69) is 34.9 Å². The van der Waals surface area contributed by atoms with E-state index in [4.69, 9.17) is 40.2 Å². The first-order valence-electron chi connectivity index (χ1n) is 8.58. The predicted octanol–water partition coefficient (Wildman–Crippen LogP) is 2.90. The minimum Gasteiger partial charge on any atom is -0.370 e. The summed E-state index contributed by atoms with van der Waals surface area (Å²) in [6.07, 6.45) is 0. The van der Waals surface area contributed by atoms with Crippen LogP contribution < -0.4 is 15.5 Å². The fourth-order valence-corrected chi connectivity index (χ4v) is 3.60. The normalized spacial score (nSPS) is 14.8. The fraction of sp³-hybridized carbons (Fsp3) is 0.316. The quantitative estimate of drug-likeness (QED) is 0.662. The van der Waals surface area contributed by atoms with Crippen molar-refractivity contribution in [2.24, 2.45) is 0 Å². The Bertz CT molecular complexity index is 729. The molecule has 3 rings (SSSR count). The van der Waals surface area contributed by atoms with Gasteiger partial charge in [-0.25, -0.2) is 0 Å². The van der Waals surface area contributed by atoms with Crippen molar-refractivity contribution in [3.8, 4) is 0 Å². The maximum absolute atomic E-state index is 5.99. The molecule has 138 valence electrons. The van der Waals surface area contributed by atoms with Crippen LogP contribution in [-0.4, -0.2) is 31.4 Å². The number of hydrogen-bond acceptors (Lipinski definition) is 2. The van der Waals surface area contributed by atoms with Gasteiger partial charge < -0.3 is 20.3 Å². The van der Waals surface area contributed by atoms with Crippen LogP contribution in [0.5, 0.6) is 0 Å². The Morgan fingerprint density at radius 3 is 2.27 bits per heavy atom. The van der Waals surface area contributed by atoms with Gasteiger partial charge in [0.1, 0.15) is 19.6 Å². The molecule has 0 unspecified atom stereocenters. The summed E-state index contributed by atoms with van der Waals surface area (Å²) in [4.78, 5) is 1.58. The molecule has 2 aromatic carbocycles. The lowest BCUT2D eigenvalue weighted by Gasteiger charge is -2.23. The average Bonchev–Trinajstić information content (AvgIpc) is 2.61. The molecule has 1 heterocycles. The van der Waals surface area contributed by atoms with E-state index in [0.717, 1.165) is 38.5 Å². The molecule has 0 atom stereocenters. The number of anilines is 1. The molecular formula is C19H22Cl2N3OS+. The van der Waals surface area contributed by atoms with Crippen molar-refractivity contribution in [2.45, 2.75) is 13.1 Å². The second-order valence-corrected chi connectivity index (χ2v) is 7.60. The lowest BCUT2D eigenvalue weighted by Crippen LogP contribution is -3.12. The van der Waals surface area contributed by atoms with Crippen LogP contribution in [0.15, 0.2) is 42.5 Å². The summed E-state index contributed by atoms with van der Waals surface area (Å²) in [6, 6.07) is 13.9. The minimum absolute atomic E-state index is 0.533. The lowest BCUT2D eigenvalue weighted by atomic mass is 10.1. The number of ether oxygens (including phenoxy) is 1. The molecule has 1 fully saturated rings. The molecule has 0 aliphatic carbocycles. The Hall–Kier alpha value is -1.37. The van der Waals surface area contributed by atoms with Crippen molar-refractivity contribution in [1.29, 1.82) is 0 Å². The largest absolute Gasteiger partial charge is 0.370 e. The van der Waals surface area contributed by atoms with Gasteiger partial charge in [-0.2, -0.15) is 0 Å². The highest BCUT2D eigenvalue weighted by Crippen LogP contribution is 2.22. The smallest absolute Gasteiger partial charge is 0.171 e. The van der Waals surface area contributed by atoms with Crippen LogP contribution >= 0.6 is 35.4 Å². The van der Waals surface area contributed by atoms with Crippen molar-refractivity contribution in [2.75, 3.05) is 31.6 Å². The van der Waals surface area contributed by atoms with Gasteiger partial charge >= 0.3 is 0 Å². The molecule has 26 heavy (non-hydrogen) atoms. The van der Waals surface area contributed by atoms with Crippen molar-refractivity contribution >= 4 is 46.2 Å². The number of quaternary nitrogens is 1. The van der Waals surface area contributed by atoms with Gasteiger partial charge in [0, 0.05) is 27.8 Å². The Morgan fingerprint density at radius 2 is 1.62 bits per heavy atom. The summed E-state index contributed by atoms with van der Waals surface area (Å²) >= 11 is 17.3. The monoisotopic (exact) mass is 410 g/mol. The standard InChI is InChI=1S/C19H21Cl2N3OS/c20-16-9-17(21)11-18(10-16)23-19(26)22-12-14-1-3-15(4-2-14)13-24-5-7-25-8-6-24/h1-4,9-11H,5-8,12-13H2,(H2,22,23,26)/p+1. The van der Waals surface area contributed by atoms with Crippen molar-refractivity contribution < 1.29 is 9.64 Å². The zero-order chi connectivity index (χ0) is 18.4. The Morgan fingerprint density at radius 1 is 1.00 bits per heavy atom. The molecule has 1 aliphatic rings. The third-order valence-corrected chi connectivity index (χ3v) is 4.93. The van der Waals surface area contributed by atoms with Gasteiger partial charge in [-0.05, 0) is 36.0 Å². The Balaban J connectivity index is 1.47. The zero-order valence-corrected chi connectivity index (χ0v) is 16.7. The first-order valence-corrected chi connectivity index (χ1v) is 9.75. The lowest BCUT2D eigenvalue weighted by molar-refractivity contribution is -0.921. The number of thiocarbonyl (C=S) groups is 1. The van der Waals surface area contributed by atoms with Crippen LogP contribution in [0.4, 0.5) is 5.69 Å². The first kappa shape index (κ1) is 19.4. The maximum atomic E-state index is 5.99. The van der Waals surface area contributed by atoms with Crippen LogP contribution in [0.25, 0.3) is 0 Å². The van der Waals surface area contributed by atoms with E-state index in [0.29, 0.717) is 21.7 Å². The van der Waals surface area contributed by atoms with Crippen LogP contribution in [-0.2, 0) is 17.8 Å². The molecule has 7 heteroatoms. The van der Waals surface area contributed by atoms with Gasteiger partial charge in [-0.1, -0.05) is 47.5 Å². The second-order valence-electron chi connectivity index (χ2n) is 6.32. The van der Waals surface area contributed by atoms with Crippen LogP contribution in [0.3, 0.4) is 0 Å². The Kier molecular flexibility index (Phi) is 7.11. The molecule has 1 aliphatic heterocycles. The molecule has 0 radical (unpaired) electrons. The van der Waals surface area contributed by atoms with Gasteiger partial charge in [0.2, 0.25) is 0 Å². The van der Waals surface area contributed by atoms with Crippen molar-refractivity contribution in [1.82, 2.24) is 5.32 Å². The van der Waals surface area contributed by atoms with E-state index < -0.39 is 0 Å². The van der Waals surface area contributed by atoms with Crippen LogP contribution in [0.2, 0.25) is 10.0 Å². The van der Waals surface area contributed by atoms with Gasteiger partial charge in [0.25, 0.3) is 0 Å². The topological polar surface area (TPSA) is 37.7 Å². The number of rotatable bonds is 5. The van der Waals surface area contributed by atoms with E-state index in [1.54, 1.807) is 23.1 Å².